The molecular weight excluding hydrogens is 568 g/mol. The van der Waals surface area contributed by atoms with E-state index in [1.165, 1.54) is 34.1 Å². The molecule has 3 heterocycles. The van der Waals surface area contributed by atoms with Crippen LogP contribution in [-0.2, 0) is 16.0 Å². The number of thioether (sulfide) groups is 1. The second kappa shape index (κ2) is 10.9. The molecule has 2 aromatic heterocycles. The van der Waals surface area contributed by atoms with Crippen LogP contribution in [0.4, 0.5) is 9.52 Å². The molecule has 4 aromatic rings. The van der Waals surface area contributed by atoms with Gasteiger partial charge in [-0.05, 0) is 42.0 Å². The van der Waals surface area contributed by atoms with Gasteiger partial charge in [0, 0.05) is 5.75 Å². The van der Waals surface area contributed by atoms with Crippen LogP contribution >= 0.6 is 34.4 Å². The largest absolute Gasteiger partial charge is 0.503 e. The summed E-state index contributed by atoms with van der Waals surface area (Å²) >= 11 is 3.67. The highest BCUT2D eigenvalue weighted by atomic mass is 32.2. The Labute approximate surface area is 243 Å². The first-order chi connectivity index (χ1) is 19.0. The molecule has 0 fully saturated rings. The van der Waals surface area contributed by atoms with Gasteiger partial charge in [0.05, 0.1) is 27.2 Å². The SMILES string of the molecule is Cc1nc(C)c(C(=O)C2=C(O)C(=O)N(c3nnc(SCc4ccccc4F)s3)C2c2ccc(C(C)(C)C)cc2)s1. The Morgan fingerprint density at radius 3 is 2.40 bits per heavy atom. The fourth-order valence-corrected chi connectivity index (χ4v) is 7.22. The average molecular weight is 595 g/mol. The zero-order chi connectivity index (χ0) is 28.8. The number of benzene rings is 2. The number of amides is 1. The minimum atomic E-state index is -0.909. The molecule has 2 aromatic carbocycles. The second-order valence-corrected chi connectivity index (χ2v) is 13.8. The van der Waals surface area contributed by atoms with E-state index in [1.54, 1.807) is 32.0 Å². The number of aliphatic hydroxyl groups is 1. The summed E-state index contributed by atoms with van der Waals surface area (Å²) in [4.78, 5) is 33.4. The summed E-state index contributed by atoms with van der Waals surface area (Å²) < 4.78 is 14.6. The maximum Gasteiger partial charge on any atom is 0.296 e. The van der Waals surface area contributed by atoms with Gasteiger partial charge in [-0.15, -0.1) is 21.5 Å². The molecule has 0 radical (unpaired) electrons. The number of rotatable bonds is 7. The Morgan fingerprint density at radius 2 is 1.77 bits per heavy atom. The number of halogens is 1. The molecule has 0 bridgehead atoms. The number of hydrogen-bond donors (Lipinski definition) is 1. The minimum Gasteiger partial charge on any atom is -0.503 e. The van der Waals surface area contributed by atoms with Crippen molar-refractivity contribution in [3.8, 4) is 0 Å². The van der Waals surface area contributed by atoms with E-state index in [0.29, 0.717) is 36.8 Å². The van der Waals surface area contributed by atoms with Gasteiger partial charge < -0.3 is 5.11 Å². The average Bonchev–Trinajstić information content (AvgIpc) is 3.58. The molecule has 1 N–H and O–H groups in total. The number of Topliss-reactive ketones (excluding diaryl/α,β-unsaturated/α-hetero) is 1. The van der Waals surface area contributed by atoms with E-state index in [0.717, 1.165) is 16.9 Å². The van der Waals surface area contributed by atoms with E-state index in [2.05, 4.69) is 36.0 Å². The van der Waals surface area contributed by atoms with Gasteiger partial charge in [-0.3, -0.25) is 14.5 Å². The van der Waals surface area contributed by atoms with Gasteiger partial charge in [0.25, 0.3) is 5.91 Å². The zero-order valence-electron chi connectivity index (χ0n) is 22.6. The van der Waals surface area contributed by atoms with Gasteiger partial charge in [-0.1, -0.05) is 86.3 Å². The van der Waals surface area contributed by atoms with E-state index in [9.17, 15) is 19.1 Å². The highest BCUT2D eigenvalue weighted by molar-refractivity contribution is 8.00. The lowest BCUT2D eigenvalue weighted by Crippen LogP contribution is -2.31. The molecule has 1 atom stereocenters. The van der Waals surface area contributed by atoms with Crippen molar-refractivity contribution in [1.82, 2.24) is 15.2 Å². The summed E-state index contributed by atoms with van der Waals surface area (Å²) in [7, 11) is 0. The van der Waals surface area contributed by atoms with E-state index in [-0.39, 0.29) is 21.9 Å². The fraction of sp³-hybridized carbons (Fsp3) is 0.276. The Balaban J connectivity index is 1.53. The molecule has 1 aliphatic heterocycles. The van der Waals surface area contributed by atoms with E-state index in [4.69, 9.17) is 0 Å². The summed E-state index contributed by atoms with van der Waals surface area (Å²) in [5.41, 5.74) is 2.70. The number of anilines is 1. The fourth-order valence-electron chi connectivity index (χ4n) is 4.49. The van der Waals surface area contributed by atoms with Crippen LogP contribution in [0.3, 0.4) is 0 Å². The summed E-state index contributed by atoms with van der Waals surface area (Å²) in [6.45, 7) is 9.85. The monoisotopic (exact) mass is 594 g/mol. The quantitative estimate of drug-likeness (QED) is 0.138. The van der Waals surface area contributed by atoms with Crippen LogP contribution in [0.25, 0.3) is 0 Å². The molecule has 0 spiro atoms. The molecule has 206 valence electrons. The standard InChI is InChI=1S/C29H27FN4O3S3/c1-15-25(39-16(2)31-15)23(35)21-22(17-10-12-19(13-11-17)29(3,4)5)34(26(37)24(21)36)27-32-33-28(40-27)38-14-18-8-6-7-9-20(18)30/h6-13,22,36H,14H2,1-5H3. The molecular formula is C29H27FN4O3S3. The lowest BCUT2D eigenvalue weighted by atomic mass is 9.85. The third kappa shape index (κ3) is 5.33. The zero-order valence-corrected chi connectivity index (χ0v) is 25.0. The molecule has 40 heavy (non-hydrogen) atoms. The van der Waals surface area contributed by atoms with E-state index < -0.39 is 23.5 Å². The van der Waals surface area contributed by atoms with Crippen LogP contribution in [0.5, 0.6) is 0 Å². The molecule has 1 amide bonds. The highest BCUT2D eigenvalue weighted by Crippen LogP contribution is 2.45. The molecule has 7 nitrogen and oxygen atoms in total. The van der Waals surface area contributed by atoms with Crippen molar-refractivity contribution in [1.29, 1.82) is 0 Å². The molecule has 1 aliphatic rings. The molecule has 0 saturated carbocycles. The van der Waals surface area contributed by atoms with Crippen LogP contribution < -0.4 is 4.90 Å². The van der Waals surface area contributed by atoms with Crippen LogP contribution in [0.15, 0.2) is 64.2 Å². The minimum absolute atomic E-state index is 0.0176. The van der Waals surface area contributed by atoms with Gasteiger partial charge in [0.15, 0.2) is 10.1 Å². The molecule has 0 aliphatic carbocycles. The first-order valence-electron chi connectivity index (χ1n) is 12.5. The Kier molecular flexibility index (Phi) is 7.64. The number of ketones is 1. The second-order valence-electron chi connectivity index (χ2n) is 10.4. The maximum absolute atomic E-state index is 14.1. The third-order valence-electron chi connectivity index (χ3n) is 6.57. The van der Waals surface area contributed by atoms with Crippen molar-refractivity contribution in [2.45, 2.75) is 56.2 Å². The Bertz CT molecular complexity index is 1640. The molecule has 1 unspecified atom stereocenters. The Morgan fingerprint density at radius 1 is 1.07 bits per heavy atom. The Hall–Kier alpha value is -3.41. The first kappa shape index (κ1) is 28.1. The van der Waals surface area contributed by atoms with Crippen molar-refractivity contribution >= 4 is 51.3 Å². The summed E-state index contributed by atoms with van der Waals surface area (Å²) in [5.74, 6) is -1.76. The first-order valence-corrected chi connectivity index (χ1v) is 15.1. The number of thiazole rings is 1. The number of hydrogen-bond acceptors (Lipinski definition) is 9. The number of nitrogens with zero attached hydrogens (tertiary/aromatic N) is 4. The van der Waals surface area contributed by atoms with Gasteiger partial charge in [-0.2, -0.15) is 0 Å². The maximum atomic E-state index is 14.1. The molecule has 5 rings (SSSR count). The van der Waals surface area contributed by atoms with Crippen LogP contribution in [0.1, 0.15) is 63.9 Å². The predicted molar refractivity (Wildman–Crippen MR) is 157 cm³/mol. The number of aromatic nitrogens is 3. The van der Waals surface area contributed by atoms with Gasteiger partial charge in [0.2, 0.25) is 10.9 Å². The van der Waals surface area contributed by atoms with E-state index >= 15 is 0 Å². The van der Waals surface area contributed by atoms with Crippen LogP contribution in [0, 0.1) is 19.7 Å². The van der Waals surface area contributed by atoms with Crippen LogP contribution in [-0.4, -0.2) is 32.0 Å². The topological polar surface area (TPSA) is 96.3 Å². The van der Waals surface area contributed by atoms with Crippen molar-refractivity contribution in [3.05, 3.63) is 97.9 Å². The molecule has 0 saturated heterocycles. The smallest absolute Gasteiger partial charge is 0.296 e. The van der Waals surface area contributed by atoms with Crippen molar-refractivity contribution < 1.29 is 19.1 Å². The lowest BCUT2D eigenvalue weighted by molar-refractivity contribution is -0.117. The summed E-state index contributed by atoms with van der Waals surface area (Å²) in [6.07, 6.45) is 0. The lowest BCUT2D eigenvalue weighted by Gasteiger charge is -2.25. The third-order valence-corrected chi connectivity index (χ3v) is 9.74. The number of carbonyl (C=O) groups is 2. The van der Waals surface area contributed by atoms with Gasteiger partial charge in [-0.25, -0.2) is 9.37 Å². The van der Waals surface area contributed by atoms with E-state index in [1.807, 2.05) is 24.3 Å². The normalized spacial score (nSPS) is 15.8. The highest BCUT2D eigenvalue weighted by Gasteiger charge is 2.46. The van der Waals surface area contributed by atoms with Crippen molar-refractivity contribution in [2.24, 2.45) is 0 Å². The number of aliphatic hydroxyl groups excluding tert-OH is 1. The van der Waals surface area contributed by atoms with Gasteiger partial charge in [0.1, 0.15) is 5.82 Å². The predicted octanol–water partition coefficient (Wildman–Crippen LogP) is 7.12. The van der Waals surface area contributed by atoms with Gasteiger partial charge >= 0.3 is 0 Å². The molecule has 11 heteroatoms. The number of carbonyl (C=O) groups excluding carboxylic acids is 2. The summed E-state index contributed by atoms with van der Waals surface area (Å²) in [5, 5.41) is 20.5. The van der Waals surface area contributed by atoms with Crippen molar-refractivity contribution in [2.75, 3.05) is 4.90 Å². The van der Waals surface area contributed by atoms with Crippen molar-refractivity contribution in [3.63, 3.8) is 0 Å². The summed E-state index contributed by atoms with van der Waals surface area (Å²) in [6, 6.07) is 13.3. The number of aryl methyl sites for hydroxylation is 2. The van der Waals surface area contributed by atoms with Crippen LogP contribution in [0.2, 0.25) is 0 Å².